The van der Waals surface area contributed by atoms with Crippen LogP contribution < -0.4 is 0 Å². The van der Waals surface area contributed by atoms with E-state index >= 15 is 0 Å². The Bertz CT molecular complexity index is 3930. The Balaban J connectivity index is 1.04. The third kappa shape index (κ3) is 5.59. The second kappa shape index (κ2) is 14.6. The Morgan fingerprint density at radius 1 is 0.266 bits per heavy atom. The van der Waals surface area contributed by atoms with Gasteiger partial charge < -0.3 is 0 Å². The van der Waals surface area contributed by atoms with Crippen molar-refractivity contribution in [1.82, 2.24) is 9.97 Å². The molecule has 0 N–H and O–H groups in total. The van der Waals surface area contributed by atoms with Gasteiger partial charge in [-0.3, -0.25) is 4.98 Å². The topological polar surface area (TPSA) is 25.8 Å². The van der Waals surface area contributed by atoms with Crippen LogP contribution in [0, 0.1) is 0 Å². The SMILES string of the molecule is c1ccc(-c2ncc(-c3ccc(-c4c5ccccc5c(-c5cc6cccc7c8ccccc8c8ccccc8c8cccc5c8c67)c5ccccc45)cc3)nc2-c2ccccc2)cc1. The van der Waals surface area contributed by atoms with Crippen LogP contribution >= 0.6 is 0 Å². The van der Waals surface area contributed by atoms with Gasteiger partial charge in [0.15, 0.2) is 0 Å². The van der Waals surface area contributed by atoms with E-state index in [1.54, 1.807) is 0 Å². The molecule has 0 bridgehead atoms. The summed E-state index contributed by atoms with van der Waals surface area (Å²) in [4.78, 5) is 10.3. The van der Waals surface area contributed by atoms with Crippen LogP contribution in [0.15, 0.2) is 231 Å². The van der Waals surface area contributed by atoms with E-state index in [2.05, 4.69) is 200 Å². The van der Waals surface area contributed by atoms with Crippen molar-refractivity contribution in [3.05, 3.63) is 231 Å². The molecule has 2 heteroatoms. The van der Waals surface area contributed by atoms with Gasteiger partial charge >= 0.3 is 0 Å². The standard InChI is InChI=1S/C62H38N2/c1-3-17-41(18-4-1)61-62(42-19-5-2-6-20-42)64-56(38-63-61)39-33-35-40(36-34-39)57-50-26-11-13-28-52(50)59(53-29-14-12-27-51(53)57)55-37-43-21-15-30-48-46-24-9-7-22-44(46)45-23-8-10-25-47(45)49-31-16-32-54(55)60(49)58(43)48/h1-38H. The van der Waals surface area contributed by atoms with Crippen LogP contribution in [0.1, 0.15) is 0 Å². The highest BCUT2D eigenvalue weighted by Crippen LogP contribution is 2.49. The van der Waals surface area contributed by atoms with Crippen molar-refractivity contribution in [2.45, 2.75) is 0 Å². The summed E-state index contributed by atoms with van der Waals surface area (Å²) in [5.74, 6) is 0. The zero-order chi connectivity index (χ0) is 42.1. The van der Waals surface area contributed by atoms with E-state index in [4.69, 9.17) is 9.97 Å². The molecule has 0 aliphatic carbocycles. The average molecular weight is 811 g/mol. The average Bonchev–Trinajstić information content (AvgIpc) is 3.37. The first-order chi connectivity index (χ1) is 31.8. The first-order valence-electron chi connectivity index (χ1n) is 22.0. The molecule has 13 aromatic rings. The van der Waals surface area contributed by atoms with Crippen molar-refractivity contribution in [1.29, 1.82) is 0 Å². The minimum Gasteiger partial charge on any atom is -0.252 e. The van der Waals surface area contributed by atoms with Crippen LogP contribution in [0.5, 0.6) is 0 Å². The highest BCUT2D eigenvalue weighted by atomic mass is 14.8. The molecule has 0 saturated carbocycles. The van der Waals surface area contributed by atoms with E-state index < -0.39 is 0 Å². The van der Waals surface area contributed by atoms with Crippen LogP contribution in [0.2, 0.25) is 0 Å². The molecule has 64 heavy (non-hydrogen) atoms. The summed E-state index contributed by atoms with van der Waals surface area (Å²) in [6.45, 7) is 0. The molecule has 0 aliphatic rings. The summed E-state index contributed by atoms with van der Waals surface area (Å²) < 4.78 is 0. The molecule has 0 atom stereocenters. The van der Waals surface area contributed by atoms with Crippen LogP contribution in [0.25, 0.3) is 131 Å². The summed E-state index contributed by atoms with van der Waals surface area (Å²) in [6, 6.07) is 81.6. The number of hydrogen-bond acceptors (Lipinski definition) is 2. The minimum absolute atomic E-state index is 0.839. The summed E-state index contributed by atoms with van der Waals surface area (Å²) >= 11 is 0. The molecule has 0 spiro atoms. The maximum atomic E-state index is 5.27. The van der Waals surface area contributed by atoms with Gasteiger partial charge in [0.05, 0.1) is 23.3 Å². The molecular formula is C62H38N2. The molecule has 0 fully saturated rings. The van der Waals surface area contributed by atoms with Gasteiger partial charge in [0.25, 0.3) is 0 Å². The maximum Gasteiger partial charge on any atom is 0.0972 e. The first kappa shape index (κ1) is 36.2. The summed E-state index contributed by atoms with van der Waals surface area (Å²) in [5, 5.41) is 17.6. The molecule has 0 aliphatic heterocycles. The number of hydrogen-bond donors (Lipinski definition) is 0. The van der Waals surface area contributed by atoms with E-state index in [9.17, 15) is 0 Å². The predicted octanol–water partition coefficient (Wildman–Crippen LogP) is 16.9. The summed E-state index contributed by atoms with van der Waals surface area (Å²) in [5.41, 5.74) is 10.6. The molecule has 13 rings (SSSR count). The van der Waals surface area contributed by atoms with Gasteiger partial charge in [-0.05, 0) is 104 Å². The summed E-state index contributed by atoms with van der Waals surface area (Å²) in [7, 11) is 0. The largest absolute Gasteiger partial charge is 0.252 e. The monoisotopic (exact) mass is 810 g/mol. The second-order valence-electron chi connectivity index (χ2n) is 16.8. The van der Waals surface area contributed by atoms with E-state index in [1.165, 1.54) is 92.1 Å². The lowest BCUT2D eigenvalue weighted by Gasteiger charge is -2.21. The molecule has 1 aromatic heterocycles. The Hall–Kier alpha value is -8.46. The number of nitrogens with zero attached hydrogens (tertiary/aromatic N) is 2. The smallest absolute Gasteiger partial charge is 0.0972 e. The lowest BCUT2D eigenvalue weighted by Crippen LogP contribution is -1.96. The Kier molecular flexibility index (Phi) is 8.25. The molecule has 296 valence electrons. The van der Waals surface area contributed by atoms with E-state index in [0.717, 1.165) is 39.3 Å². The van der Waals surface area contributed by atoms with Gasteiger partial charge in [-0.2, -0.15) is 0 Å². The van der Waals surface area contributed by atoms with Crippen molar-refractivity contribution in [3.63, 3.8) is 0 Å². The van der Waals surface area contributed by atoms with Crippen LogP contribution in [-0.2, 0) is 0 Å². The molecule has 0 unspecified atom stereocenters. The van der Waals surface area contributed by atoms with E-state index in [1.807, 2.05) is 30.5 Å². The number of benzene rings is 11. The molecular weight excluding hydrogens is 773 g/mol. The summed E-state index contributed by atoms with van der Waals surface area (Å²) in [6.07, 6.45) is 1.91. The van der Waals surface area contributed by atoms with Crippen molar-refractivity contribution in [3.8, 4) is 56.0 Å². The first-order valence-corrected chi connectivity index (χ1v) is 22.0. The van der Waals surface area contributed by atoms with E-state index in [0.29, 0.717) is 0 Å². The van der Waals surface area contributed by atoms with Gasteiger partial charge in [0.1, 0.15) is 0 Å². The molecule has 12 aromatic carbocycles. The van der Waals surface area contributed by atoms with Crippen LogP contribution in [-0.4, -0.2) is 9.97 Å². The lowest BCUT2D eigenvalue weighted by atomic mass is 9.82. The van der Waals surface area contributed by atoms with E-state index in [-0.39, 0.29) is 0 Å². The fraction of sp³-hybridized carbons (Fsp3) is 0. The zero-order valence-electron chi connectivity index (χ0n) is 34.8. The molecule has 0 radical (unpaired) electrons. The zero-order valence-corrected chi connectivity index (χ0v) is 34.8. The number of fused-ring (bicyclic) bond motifs is 7. The lowest BCUT2D eigenvalue weighted by molar-refractivity contribution is 1.21. The van der Waals surface area contributed by atoms with Crippen molar-refractivity contribution < 1.29 is 0 Å². The second-order valence-corrected chi connectivity index (χ2v) is 16.8. The molecule has 0 saturated heterocycles. The van der Waals surface area contributed by atoms with Crippen LogP contribution in [0.4, 0.5) is 0 Å². The molecule has 2 nitrogen and oxygen atoms in total. The fourth-order valence-corrected chi connectivity index (χ4v) is 10.5. The Morgan fingerprint density at radius 3 is 1.27 bits per heavy atom. The number of aromatic nitrogens is 2. The van der Waals surface area contributed by atoms with Gasteiger partial charge in [0, 0.05) is 16.7 Å². The van der Waals surface area contributed by atoms with Crippen LogP contribution in [0.3, 0.4) is 0 Å². The van der Waals surface area contributed by atoms with Gasteiger partial charge in [-0.1, -0.05) is 218 Å². The predicted molar refractivity (Wildman–Crippen MR) is 272 cm³/mol. The Morgan fingerprint density at radius 2 is 0.688 bits per heavy atom. The third-order valence-corrected chi connectivity index (χ3v) is 13.3. The fourth-order valence-electron chi connectivity index (χ4n) is 10.5. The molecule has 0 amide bonds. The molecule has 1 heterocycles. The van der Waals surface area contributed by atoms with Gasteiger partial charge in [0.2, 0.25) is 0 Å². The highest BCUT2D eigenvalue weighted by Gasteiger charge is 2.21. The maximum absolute atomic E-state index is 5.27. The number of rotatable bonds is 5. The third-order valence-electron chi connectivity index (χ3n) is 13.3. The minimum atomic E-state index is 0.839. The van der Waals surface area contributed by atoms with Gasteiger partial charge in [-0.15, -0.1) is 0 Å². The van der Waals surface area contributed by atoms with Crippen molar-refractivity contribution in [2.24, 2.45) is 0 Å². The normalized spacial score (nSPS) is 11.8. The van der Waals surface area contributed by atoms with Crippen molar-refractivity contribution in [2.75, 3.05) is 0 Å². The Labute approximate surface area is 370 Å². The quantitative estimate of drug-likeness (QED) is 0.128. The highest BCUT2D eigenvalue weighted by molar-refractivity contribution is 6.36. The van der Waals surface area contributed by atoms with Crippen molar-refractivity contribution >= 4 is 75.4 Å². The van der Waals surface area contributed by atoms with Gasteiger partial charge in [-0.25, -0.2) is 4.98 Å².